The Hall–Kier alpha value is -6.41. The standard InChI is InChI=1S/C39H34N4O10/c44-35-21-27(20-33-36-31(30-8-4-5-9-32(30)40-36)18-19-41(33)22-24-6-2-1-3-7-24)37(53-35)34(52-39(46)26-12-16-29(17-13-26)43(49)50)23-51-38(45)25-10-14-28(15-11-25)42(47)48/h1-17,27,33-34,37,40H,18-23H2/t27-,33-,34-,37+/m1/s1. The number of nitro groups is 2. The molecule has 0 radical (unpaired) electrons. The van der Waals surface area contributed by atoms with Crippen LogP contribution in [0.15, 0.2) is 103 Å². The van der Waals surface area contributed by atoms with Crippen molar-refractivity contribution in [2.24, 2.45) is 5.92 Å². The number of fused-ring (bicyclic) bond motifs is 3. The highest BCUT2D eigenvalue weighted by Gasteiger charge is 2.45. The second kappa shape index (κ2) is 15.1. The van der Waals surface area contributed by atoms with Gasteiger partial charge in [-0.2, -0.15) is 0 Å². The van der Waals surface area contributed by atoms with Gasteiger partial charge >= 0.3 is 17.9 Å². The van der Waals surface area contributed by atoms with Crippen molar-refractivity contribution in [2.45, 2.75) is 44.1 Å². The maximum atomic E-state index is 13.5. The van der Waals surface area contributed by atoms with Gasteiger partial charge in [-0.1, -0.05) is 48.5 Å². The molecule has 1 N–H and O–H groups in total. The molecule has 0 amide bonds. The first-order chi connectivity index (χ1) is 25.6. The Labute approximate surface area is 302 Å². The molecule has 14 nitrogen and oxygen atoms in total. The molecule has 0 unspecified atom stereocenters. The fourth-order valence-electron chi connectivity index (χ4n) is 7.23. The molecular weight excluding hydrogens is 684 g/mol. The minimum absolute atomic E-state index is 0.00667. The summed E-state index contributed by atoms with van der Waals surface area (Å²) in [5, 5.41) is 23.4. The van der Waals surface area contributed by atoms with Crippen LogP contribution in [0, 0.1) is 26.1 Å². The lowest BCUT2D eigenvalue weighted by molar-refractivity contribution is -0.385. The van der Waals surface area contributed by atoms with Gasteiger partial charge in [-0.25, -0.2) is 9.59 Å². The first-order valence-electron chi connectivity index (χ1n) is 17.1. The Morgan fingerprint density at radius 3 is 2.13 bits per heavy atom. The van der Waals surface area contributed by atoms with Crippen LogP contribution in [0.2, 0.25) is 0 Å². The Kier molecular flexibility index (Phi) is 9.95. The van der Waals surface area contributed by atoms with E-state index in [1.54, 1.807) is 0 Å². The zero-order valence-electron chi connectivity index (χ0n) is 28.3. The molecule has 53 heavy (non-hydrogen) atoms. The SMILES string of the molecule is O=C1C[C@@H](C[C@@H]2c3[nH]c4ccccc4c3CCN2Cc2ccccc2)[C@@H]([C@@H](COC(=O)c2ccc([N+](=O)[O-])cc2)OC(=O)c2ccc([N+](=O)[O-])cc2)O1. The fourth-order valence-corrected chi connectivity index (χ4v) is 7.23. The predicted molar refractivity (Wildman–Crippen MR) is 190 cm³/mol. The summed E-state index contributed by atoms with van der Waals surface area (Å²) in [6.45, 7) is 0.906. The Morgan fingerprint density at radius 2 is 1.47 bits per heavy atom. The van der Waals surface area contributed by atoms with Crippen LogP contribution in [0.5, 0.6) is 0 Å². The minimum Gasteiger partial charge on any atom is -0.458 e. The molecule has 7 rings (SSSR count). The summed E-state index contributed by atoms with van der Waals surface area (Å²) in [5.41, 5.74) is 3.98. The van der Waals surface area contributed by atoms with Gasteiger partial charge in [0.15, 0.2) is 6.10 Å². The van der Waals surface area contributed by atoms with Crippen LogP contribution >= 0.6 is 0 Å². The van der Waals surface area contributed by atoms with Crippen molar-refractivity contribution in [3.8, 4) is 0 Å². The molecule has 0 aliphatic carbocycles. The van der Waals surface area contributed by atoms with Crippen LogP contribution in [-0.4, -0.2) is 63.0 Å². The van der Waals surface area contributed by atoms with E-state index < -0.39 is 52.5 Å². The number of nitrogens with zero attached hydrogens (tertiary/aromatic N) is 3. The molecule has 1 fully saturated rings. The number of H-pyrrole nitrogens is 1. The molecule has 0 bridgehead atoms. The average Bonchev–Trinajstić information content (AvgIpc) is 3.74. The van der Waals surface area contributed by atoms with Gasteiger partial charge < -0.3 is 19.2 Å². The van der Waals surface area contributed by atoms with E-state index in [4.69, 9.17) is 14.2 Å². The highest BCUT2D eigenvalue weighted by molar-refractivity contribution is 5.91. The molecule has 270 valence electrons. The van der Waals surface area contributed by atoms with E-state index in [2.05, 4.69) is 28.1 Å². The van der Waals surface area contributed by atoms with Gasteiger partial charge in [-0.3, -0.25) is 29.9 Å². The van der Waals surface area contributed by atoms with Crippen molar-refractivity contribution in [1.29, 1.82) is 0 Å². The first kappa shape index (κ1) is 35.0. The average molecular weight is 719 g/mol. The number of ether oxygens (including phenoxy) is 3. The number of hydrogen-bond acceptors (Lipinski definition) is 11. The van der Waals surface area contributed by atoms with Gasteiger partial charge in [0.25, 0.3) is 11.4 Å². The number of esters is 3. The predicted octanol–water partition coefficient (Wildman–Crippen LogP) is 6.49. The highest BCUT2D eigenvalue weighted by Crippen LogP contribution is 2.42. The van der Waals surface area contributed by atoms with E-state index in [0.29, 0.717) is 13.0 Å². The highest BCUT2D eigenvalue weighted by atomic mass is 16.6. The molecule has 4 aromatic carbocycles. The maximum absolute atomic E-state index is 13.5. The second-order valence-electron chi connectivity index (χ2n) is 13.1. The van der Waals surface area contributed by atoms with Crippen LogP contribution < -0.4 is 0 Å². The Bertz CT molecular complexity index is 2170. The van der Waals surface area contributed by atoms with Crippen LogP contribution in [0.1, 0.15) is 56.4 Å². The third-order valence-electron chi connectivity index (χ3n) is 9.82. The molecule has 0 spiro atoms. The van der Waals surface area contributed by atoms with E-state index in [1.165, 1.54) is 54.1 Å². The zero-order valence-corrected chi connectivity index (χ0v) is 28.3. The third kappa shape index (κ3) is 7.62. The zero-order chi connectivity index (χ0) is 37.1. The molecule has 0 saturated carbocycles. The molecule has 1 aromatic heterocycles. The van der Waals surface area contributed by atoms with Crippen molar-refractivity contribution in [3.05, 3.63) is 151 Å². The molecule has 3 heterocycles. The number of cyclic esters (lactones) is 1. The van der Waals surface area contributed by atoms with Crippen molar-refractivity contribution < 1.29 is 38.4 Å². The van der Waals surface area contributed by atoms with Gasteiger partial charge in [0.05, 0.1) is 33.4 Å². The van der Waals surface area contributed by atoms with Gasteiger partial charge in [-0.05, 0) is 54.3 Å². The van der Waals surface area contributed by atoms with Crippen LogP contribution in [0.3, 0.4) is 0 Å². The monoisotopic (exact) mass is 718 g/mol. The van der Waals surface area contributed by atoms with E-state index in [9.17, 15) is 34.6 Å². The molecule has 1 saturated heterocycles. The summed E-state index contributed by atoms with van der Waals surface area (Å²) in [4.78, 5) is 66.7. The number of benzene rings is 4. The third-order valence-corrected chi connectivity index (χ3v) is 9.82. The summed E-state index contributed by atoms with van der Waals surface area (Å²) >= 11 is 0. The number of para-hydroxylation sites is 1. The number of rotatable bonds is 12. The lowest BCUT2D eigenvalue weighted by atomic mass is 9.85. The number of aromatic nitrogens is 1. The van der Waals surface area contributed by atoms with E-state index >= 15 is 0 Å². The molecule has 2 aliphatic rings. The topological polar surface area (TPSA) is 184 Å². The number of carbonyl (C=O) groups excluding carboxylic acids is 3. The van der Waals surface area contributed by atoms with Crippen LogP contribution in [-0.2, 0) is 32.0 Å². The number of nitrogens with one attached hydrogen (secondary N) is 1. The van der Waals surface area contributed by atoms with Crippen molar-refractivity contribution >= 4 is 40.2 Å². The summed E-state index contributed by atoms with van der Waals surface area (Å²) < 4.78 is 17.3. The van der Waals surface area contributed by atoms with Crippen LogP contribution in [0.25, 0.3) is 10.9 Å². The first-order valence-corrected chi connectivity index (χ1v) is 17.1. The fraction of sp³-hybridized carbons (Fsp3) is 0.256. The number of nitro benzene ring substituents is 2. The smallest absolute Gasteiger partial charge is 0.338 e. The lowest BCUT2D eigenvalue weighted by Crippen LogP contribution is -2.42. The van der Waals surface area contributed by atoms with E-state index in [1.807, 2.05) is 36.4 Å². The van der Waals surface area contributed by atoms with Crippen molar-refractivity contribution in [3.63, 3.8) is 0 Å². The second-order valence-corrected chi connectivity index (χ2v) is 13.1. The van der Waals surface area contributed by atoms with E-state index in [-0.39, 0.29) is 35.0 Å². The number of non-ortho nitro benzene ring substituents is 2. The largest absolute Gasteiger partial charge is 0.458 e. The molecule has 4 atom stereocenters. The van der Waals surface area contributed by atoms with Gasteiger partial charge in [0, 0.05) is 59.9 Å². The maximum Gasteiger partial charge on any atom is 0.338 e. The minimum atomic E-state index is -1.26. The Balaban J connectivity index is 1.18. The van der Waals surface area contributed by atoms with Gasteiger partial charge in [0.1, 0.15) is 12.7 Å². The molecule has 2 aliphatic heterocycles. The van der Waals surface area contributed by atoms with Crippen molar-refractivity contribution in [1.82, 2.24) is 9.88 Å². The van der Waals surface area contributed by atoms with E-state index in [0.717, 1.165) is 35.1 Å². The summed E-state index contributed by atoms with van der Waals surface area (Å²) in [6.07, 6.45) is -0.991. The summed E-state index contributed by atoms with van der Waals surface area (Å²) in [6, 6.07) is 27.7. The summed E-state index contributed by atoms with van der Waals surface area (Å²) in [7, 11) is 0. The number of carbonyl (C=O) groups is 3. The lowest BCUT2D eigenvalue weighted by Gasteiger charge is -2.38. The van der Waals surface area contributed by atoms with Crippen LogP contribution in [0.4, 0.5) is 11.4 Å². The molecular formula is C39H34N4O10. The number of hydrogen-bond donors (Lipinski definition) is 1. The van der Waals surface area contributed by atoms with Gasteiger partial charge in [-0.15, -0.1) is 0 Å². The quantitative estimate of drug-likeness (QED) is 0.0644. The molecule has 5 aromatic rings. The summed E-state index contributed by atoms with van der Waals surface area (Å²) in [5.74, 6) is -2.67. The van der Waals surface area contributed by atoms with Gasteiger partial charge in [0.2, 0.25) is 0 Å². The van der Waals surface area contributed by atoms with Crippen molar-refractivity contribution in [2.75, 3.05) is 13.2 Å². The molecule has 14 heteroatoms. The Morgan fingerprint density at radius 1 is 0.849 bits per heavy atom. The normalized spacial score (nSPS) is 18.9. The number of aromatic amines is 1.